The first-order valence-electron chi connectivity index (χ1n) is 9.64. The molecule has 1 heterocycles. The summed E-state index contributed by atoms with van der Waals surface area (Å²) in [6.07, 6.45) is 1.81. The van der Waals surface area contributed by atoms with Gasteiger partial charge in [0.05, 0.1) is 0 Å². The number of carbonyl (C=O) groups excluding carboxylic acids is 1. The third-order valence-electron chi connectivity index (χ3n) is 5.53. The van der Waals surface area contributed by atoms with E-state index in [1.54, 1.807) is 0 Å². The summed E-state index contributed by atoms with van der Waals surface area (Å²) in [6.45, 7) is 5.35. The zero-order valence-electron chi connectivity index (χ0n) is 16.6. The Morgan fingerprint density at radius 2 is 1.70 bits per heavy atom. The highest BCUT2D eigenvalue weighted by Gasteiger charge is 2.34. The normalized spacial score (nSPS) is 20.0. The molecule has 0 aliphatic carbocycles. The predicted octanol–water partition coefficient (Wildman–Crippen LogP) is 3.30. The van der Waals surface area contributed by atoms with E-state index >= 15 is 0 Å². The number of aliphatic hydroxyl groups excluding tert-OH is 1. The molecule has 0 bridgehead atoms. The van der Waals surface area contributed by atoms with Crippen LogP contribution in [-0.4, -0.2) is 61.2 Å². The van der Waals surface area contributed by atoms with Crippen molar-refractivity contribution in [2.45, 2.75) is 19.8 Å². The van der Waals surface area contributed by atoms with Crippen LogP contribution in [0.5, 0.6) is 0 Å². The summed E-state index contributed by atoms with van der Waals surface area (Å²) in [5.41, 5.74) is 4.24. The second-order valence-electron chi connectivity index (χ2n) is 8.21. The maximum Gasteiger partial charge on any atom is 0.253 e. The van der Waals surface area contributed by atoms with Crippen LogP contribution in [0.3, 0.4) is 0 Å². The zero-order valence-corrected chi connectivity index (χ0v) is 16.6. The van der Waals surface area contributed by atoms with Crippen molar-refractivity contribution in [2.75, 3.05) is 40.3 Å². The van der Waals surface area contributed by atoms with Gasteiger partial charge in [-0.3, -0.25) is 4.79 Å². The van der Waals surface area contributed by atoms with E-state index in [4.69, 9.17) is 5.11 Å². The van der Waals surface area contributed by atoms with Crippen molar-refractivity contribution in [1.82, 2.24) is 9.80 Å². The van der Waals surface area contributed by atoms with Gasteiger partial charge in [-0.05, 0) is 60.7 Å². The van der Waals surface area contributed by atoms with Gasteiger partial charge in [0.2, 0.25) is 0 Å². The molecule has 144 valence electrons. The second-order valence-corrected chi connectivity index (χ2v) is 8.21. The van der Waals surface area contributed by atoms with Gasteiger partial charge in [-0.1, -0.05) is 43.3 Å². The summed E-state index contributed by atoms with van der Waals surface area (Å²) in [4.78, 5) is 17.0. The van der Waals surface area contributed by atoms with Gasteiger partial charge in [-0.2, -0.15) is 0 Å². The molecule has 2 aromatic rings. The van der Waals surface area contributed by atoms with Crippen LogP contribution in [-0.2, 0) is 6.42 Å². The Morgan fingerprint density at radius 3 is 2.22 bits per heavy atom. The molecule has 4 nitrogen and oxygen atoms in total. The van der Waals surface area contributed by atoms with Gasteiger partial charge in [0, 0.05) is 32.3 Å². The number of carbonyl (C=O) groups is 1. The van der Waals surface area contributed by atoms with E-state index < -0.39 is 0 Å². The number of amides is 1. The summed E-state index contributed by atoms with van der Waals surface area (Å²) >= 11 is 0. The molecule has 27 heavy (non-hydrogen) atoms. The lowest BCUT2D eigenvalue weighted by atomic mass is 9.89. The molecule has 0 radical (unpaired) electrons. The summed E-state index contributed by atoms with van der Waals surface area (Å²) in [5, 5.41) is 9.01. The fourth-order valence-electron chi connectivity index (χ4n) is 4.06. The van der Waals surface area contributed by atoms with Crippen LogP contribution in [0.4, 0.5) is 0 Å². The first-order valence-corrected chi connectivity index (χ1v) is 9.64. The Kier molecular flexibility index (Phi) is 5.98. The molecule has 1 aliphatic rings. The second kappa shape index (κ2) is 8.24. The number of benzene rings is 2. The molecule has 1 saturated heterocycles. The molecule has 2 aromatic carbocycles. The number of aliphatic hydroxyl groups is 1. The Balaban J connectivity index is 1.66. The molecule has 1 atom stereocenters. The molecule has 3 rings (SSSR count). The largest absolute Gasteiger partial charge is 0.396 e. The number of rotatable bonds is 6. The molecule has 1 amide bonds. The van der Waals surface area contributed by atoms with Gasteiger partial charge in [0.1, 0.15) is 0 Å². The van der Waals surface area contributed by atoms with E-state index in [1.165, 1.54) is 0 Å². The highest BCUT2D eigenvalue weighted by Crippen LogP contribution is 2.30. The molecule has 0 aromatic heterocycles. The van der Waals surface area contributed by atoms with Crippen LogP contribution in [0, 0.1) is 5.41 Å². The number of hydrogen-bond acceptors (Lipinski definition) is 3. The molecular formula is C23H30N2O2. The van der Waals surface area contributed by atoms with Crippen molar-refractivity contribution in [3.63, 3.8) is 0 Å². The summed E-state index contributed by atoms with van der Waals surface area (Å²) in [7, 11) is 4.04. The standard InChI is InChI=1S/C23H30N2O2/c1-23(13-14-24(2)16-23)17-25(3)22(27)21-10-8-20(9-11-21)19-6-4-18(5-7-19)12-15-26/h4-11,26H,12-17H2,1-3H3/t23-/m1/s1. The molecule has 0 spiro atoms. The Labute approximate surface area is 162 Å². The molecule has 1 fully saturated rings. The minimum Gasteiger partial charge on any atom is -0.396 e. The Morgan fingerprint density at radius 1 is 1.11 bits per heavy atom. The van der Waals surface area contributed by atoms with E-state index in [1.807, 2.05) is 48.3 Å². The number of nitrogens with zero attached hydrogens (tertiary/aromatic N) is 2. The maximum absolute atomic E-state index is 12.8. The highest BCUT2D eigenvalue weighted by molar-refractivity contribution is 5.94. The molecule has 0 saturated carbocycles. The summed E-state index contributed by atoms with van der Waals surface area (Å²) < 4.78 is 0. The van der Waals surface area contributed by atoms with Crippen molar-refractivity contribution in [3.05, 3.63) is 59.7 Å². The lowest BCUT2D eigenvalue weighted by Gasteiger charge is -2.30. The van der Waals surface area contributed by atoms with Crippen LogP contribution in [0.25, 0.3) is 11.1 Å². The third kappa shape index (κ3) is 4.76. The van der Waals surface area contributed by atoms with Crippen molar-refractivity contribution < 1.29 is 9.90 Å². The summed E-state index contributed by atoms with van der Waals surface area (Å²) in [6, 6.07) is 16.0. The Hall–Kier alpha value is -2.17. The minimum atomic E-state index is 0.0793. The van der Waals surface area contributed by atoms with Crippen molar-refractivity contribution in [2.24, 2.45) is 5.41 Å². The van der Waals surface area contributed by atoms with E-state index in [0.29, 0.717) is 6.42 Å². The topological polar surface area (TPSA) is 43.8 Å². The maximum atomic E-state index is 12.8. The van der Waals surface area contributed by atoms with Crippen molar-refractivity contribution in [3.8, 4) is 11.1 Å². The minimum absolute atomic E-state index is 0.0793. The van der Waals surface area contributed by atoms with Gasteiger partial charge in [0.25, 0.3) is 5.91 Å². The molecule has 1 aliphatic heterocycles. The fraction of sp³-hybridized carbons (Fsp3) is 0.435. The predicted molar refractivity (Wildman–Crippen MR) is 110 cm³/mol. The summed E-state index contributed by atoms with van der Waals surface area (Å²) in [5.74, 6) is 0.0793. The zero-order chi connectivity index (χ0) is 19.4. The van der Waals surface area contributed by atoms with E-state index in [-0.39, 0.29) is 17.9 Å². The quantitative estimate of drug-likeness (QED) is 0.853. The van der Waals surface area contributed by atoms with E-state index in [2.05, 4.69) is 31.0 Å². The van der Waals surface area contributed by atoms with Crippen LogP contribution in [0.1, 0.15) is 29.3 Å². The van der Waals surface area contributed by atoms with Crippen molar-refractivity contribution >= 4 is 5.91 Å². The first-order chi connectivity index (χ1) is 12.9. The average molecular weight is 367 g/mol. The first kappa shape index (κ1) is 19.6. The Bertz CT molecular complexity index is 770. The molecule has 4 heteroatoms. The molecule has 1 N–H and O–H groups in total. The van der Waals surface area contributed by atoms with Crippen LogP contribution in [0.2, 0.25) is 0 Å². The van der Waals surface area contributed by atoms with Gasteiger partial charge in [0.15, 0.2) is 0 Å². The fourth-order valence-corrected chi connectivity index (χ4v) is 4.06. The van der Waals surface area contributed by atoms with Gasteiger partial charge in [-0.15, -0.1) is 0 Å². The third-order valence-corrected chi connectivity index (χ3v) is 5.53. The average Bonchev–Trinajstić information content (AvgIpc) is 3.00. The van der Waals surface area contributed by atoms with Gasteiger partial charge in [-0.25, -0.2) is 0 Å². The van der Waals surface area contributed by atoms with Gasteiger partial charge >= 0.3 is 0 Å². The lowest BCUT2D eigenvalue weighted by Crippen LogP contribution is -2.38. The highest BCUT2D eigenvalue weighted by atomic mass is 16.3. The van der Waals surface area contributed by atoms with E-state index in [0.717, 1.165) is 48.3 Å². The molecular weight excluding hydrogens is 336 g/mol. The van der Waals surface area contributed by atoms with Crippen molar-refractivity contribution in [1.29, 1.82) is 0 Å². The monoisotopic (exact) mass is 366 g/mol. The van der Waals surface area contributed by atoms with Gasteiger partial charge < -0.3 is 14.9 Å². The van der Waals surface area contributed by atoms with Crippen LogP contribution >= 0.6 is 0 Å². The molecule has 0 unspecified atom stereocenters. The van der Waals surface area contributed by atoms with Crippen LogP contribution < -0.4 is 0 Å². The number of likely N-dealkylation sites (tertiary alicyclic amines) is 1. The lowest BCUT2D eigenvalue weighted by molar-refractivity contribution is 0.0730. The SMILES string of the molecule is CN1CC[C@@](C)(CN(C)C(=O)c2ccc(-c3ccc(CCO)cc3)cc2)C1. The van der Waals surface area contributed by atoms with Crippen LogP contribution in [0.15, 0.2) is 48.5 Å². The smallest absolute Gasteiger partial charge is 0.253 e. The van der Waals surface area contributed by atoms with E-state index in [9.17, 15) is 4.79 Å². The number of hydrogen-bond donors (Lipinski definition) is 1.